The highest BCUT2D eigenvalue weighted by molar-refractivity contribution is 6.19. The van der Waals surface area contributed by atoms with Gasteiger partial charge in [-0.15, -0.1) is 0 Å². The first kappa shape index (κ1) is 28.3. The van der Waals surface area contributed by atoms with Crippen LogP contribution in [-0.2, 0) is 6.54 Å². The molecule has 0 saturated carbocycles. The van der Waals surface area contributed by atoms with Crippen LogP contribution in [0.2, 0.25) is 0 Å². The standard InChI is InChI=1S/C45H35N3/c1-45(24-11-4-12-25-45)31-46-30-32-14-13-19-36(26-32)48-41-21-10-9-20-37(41)39-28-40-38-23-22-34(33-15-5-2-6-16-33)27-42(38)47(43(40)29-44(39)48)35-17-7-3-8-18-35/h2-24,26-29,31H,25,30H2,1H3. The lowest BCUT2D eigenvalue weighted by Crippen LogP contribution is -2.15. The Morgan fingerprint density at radius 2 is 1.25 bits per heavy atom. The van der Waals surface area contributed by atoms with Gasteiger partial charge in [-0.1, -0.05) is 122 Å². The van der Waals surface area contributed by atoms with Crippen molar-refractivity contribution >= 4 is 49.8 Å². The van der Waals surface area contributed by atoms with Crippen LogP contribution in [0.3, 0.4) is 0 Å². The predicted molar refractivity (Wildman–Crippen MR) is 204 cm³/mol. The topological polar surface area (TPSA) is 22.2 Å². The molecule has 0 fully saturated rings. The van der Waals surface area contributed by atoms with Gasteiger partial charge in [-0.3, -0.25) is 4.99 Å². The van der Waals surface area contributed by atoms with Gasteiger partial charge in [-0.05, 0) is 71.6 Å². The summed E-state index contributed by atoms with van der Waals surface area (Å²) in [6, 6.07) is 50.8. The lowest BCUT2D eigenvalue weighted by Gasteiger charge is -2.20. The van der Waals surface area contributed by atoms with Crippen LogP contribution in [0.5, 0.6) is 0 Å². The molecule has 2 heterocycles. The summed E-state index contributed by atoms with van der Waals surface area (Å²) < 4.78 is 4.86. The second-order valence-corrected chi connectivity index (χ2v) is 13.1. The lowest BCUT2D eigenvalue weighted by molar-refractivity contribution is 0.613. The molecule has 0 saturated heterocycles. The molecule has 9 rings (SSSR count). The number of fused-ring (bicyclic) bond motifs is 6. The summed E-state index contributed by atoms with van der Waals surface area (Å²) in [5, 5.41) is 5.02. The fourth-order valence-corrected chi connectivity index (χ4v) is 7.42. The van der Waals surface area contributed by atoms with Gasteiger partial charge in [0.25, 0.3) is 0 Å². The number of allylic oxidation sites excluding steroid dienone is 4. The Bertz CT molecular complexity index is 2560. The van der Waals surface area contributed by atoms with Crippen LogP contribution in [0, 0.1) is 5.41 Å². The normalized spacial score (nSPS) is 16.3. The largest absolute Gasteiger partial charge is 0.309 e. The van der Waals surface area contributed by atoms with Crippen LogP contribution in [0.25, 0.3) is 66.1 Å². The first-order chi connectivity index (χ1) is 23.7. The molecule has 0 spiro atoms. The first-order valence-corrected chi connectivity index (χ1v) is 16.7. The summed E-state index contributed by atoms with van der Waals surface area (Å²) in [7, 11) is 0. The van der Waals surface area contributed by atoms with E-state index in [0.717, 1.165) is 17.8 Å². The maximum atomic E-state index is 4.90. The second kappa shape index (κ2) is 11.4. The molecule has 1 atom stereocenters. The maximum absolute atomic E-state index is 4.90. The van der Waals surface area contributed by atoms with E-state index in [-0.39, 0.29) is 5.41 Å². The smallest absolute Gasteiger partial charge is 0.0636 e. The minimum absolute atomic E-state index is 0.0242. The monoisotopic (exact) mass is 617 g/mol. The van der Waals surface area contributed by atoms with E-state index >= 15 is 0 Å². The minimum Gasteiger partial charge on any atom is -0.309 e. The van der Waals surface area contributed by atoms with Crippen LogP contribution < -0.4 is 0 Å². The van der Waals surface area contributed by atoms with Crippen molar-refractivity contribution in [3.05, 3.63) is 169 Å². The third-order valence-corrected chi connectivity index (χ3v) is 9.79. The molecule has 0 amide bonds. The van der Waals surface area contributed by atoms with Gasteiger partial charge in [0, 0.05) is 44.5 Å². The van der Waals surface area contributed by atoms with Gasteiger partial charge in [0.05, 0.1) is 28.6 Å². The molecule has 0 N–H and O–H groups in total. The lowest BCUT2D eigenvalue weighted by atomic mass is 9.85. The highest BCUT2D eigenvalue weighted by Crippen LogP contribution is 2.40. The van der Waals surface area contributed by atoms with Crippen molar-refractivity contribution in [3.8, 4) is 22.5 Å². The summed E-state index contributed by atoms with van der Waals surface area (Å²) in [6.45, 7) is 2.89. The Kier molecular flexibility index (Phi) is 6.72. The minimum atomic E-state index is -0.0242. The van der Waals surface area contributed by atoms with E-state index in [0.29, 0.717) is 6.54 Å². The molecule has 230 valence electrons. The fourth-order valence-electron chi connectivity index (χ4n) is 7.42. The SMILES string of the molecule is CC1(C=NCc2cccc(-n3c4ccccc4c4cc5c6ccc(-c7ccccc7)cc6n(-c6ccccc6)c5cc43)c2)C=CC=CC1. The molecule has 6 aromatic carbocycles. The van der Waals surface area contributed by atoms with Crippen LogP contribution in [0.1, 0.15) is 18.9 Å². The molecule has 1 unspecified atom stereocenters. The Labute approximate surface area is 280 Å². The maximum Gasteiger partial charge on any atom is 0.0636 e. The summed E-state index contributed by atoms with van der Waals surface area (Å²) in [5.41, 5.74) is 10.7. The summed E-state index contributed by atoms with van der Waals surface area (Å²) >= 11 is 0. The van der Waals surface area contributed by atoms with Crippen LogP contribution in [-0.4, -0.2) is 15.3 Å². The number of aliphatic imine (C=N–C) groups is 1. The van der Waals surface area contributed by atoms with E-state index in [4.69, 9.17) is 4.99 Å². The average molecular weight is 618 g/mol. The highest BCUT2D eigenvalue weighted by Gasteiger charge is 2.20. The number of rotatable bonds is 6. The zero-order chi connectivity index (χ0) is 32.1. The van der Waals surface area contributed by atoms with E-state index in [1.807, 2.05) is 0 Å². The van der Waals surface area contributed by atoms with E-state index in [2.05, 4.69) is 186 Å². The van der Waals surface area contributed by atoms with Crippen LogP contribution in [0.4, 0.5) is 0 Å². The number of hydrogen-bond acceptors (Lipinski definition) is 1. The number of hydrogen-bond donors (Lipinski definition) is 0. The molecule has 3 nitrogen and oxygen atoms in total. The van der Waals surface area contributed by atoms with Gasteiger partial charge in [0.15, 0.2) is 0 Å². The van der Waals surface area contributed by atoms with E-state index in [9.17, 15) is 0 Å². The molecule has 0 radical (unpaired) electrons. The fraction of sp³-hybridized carbons (Fsp3) is 0.0889. The van der Waals surface area contributed by atoms with Crippen molar-refractivity contribution in [2.75, 3.05) is 0 Å². The van der Waals surface area contributed by atoms with E-state index in [1.165, 1.54) is 60.3 Å². The quantitative estimate of drug-likeness (QED) is 0.166. The number of aromatic nitrogens is 2. The predicted octanol–water partition coefficient (Wildman–Crippen LogP) is 11.6. The molecular formula is C45H35N3. The highest BCUT2D eigenvalue weighted by atomic mass is 15.0. The molecule has 1 aliphatic rings. The zero-order valence-electron chi connectivity index (χ0n) is 26.9. The Balaban J connectivity index is 1.25. The van der Waals surface area contributed by atoms with Crippen molar-refractivity contribution in [3.63, 3.8) is 0 Å². The van der Waals surface area contributed by atoms with Crippen molar-refractivity contribution in [2.24, 2.45) is 10.4 Å². The molecular weight excluding hydrogens is 583 g/mol. The molecule has 0 bridgehead atoms. The second-order valence-electron chi connectivity index (χ2n) is 13.1. The molecule has 8 aromatic rings. The Hall–Kier alpha value is -5.93. The molecule has 0 aliphatic heterocycles. The molecule has 48 heavy (non-hydrogen) atoms. The molecule has 3 heteroatoms. The van der Waals surface area contributed by atoms with E-state index < -0.39 is 0 Å². The van der Waals surface area contributed by atoms with Gasteiger partial charge in [0.1, 0.15) is 0 Å². The summed E-state index contributed by atoms with van der Waals surface area (Å²) in [5.74, 6) is 0. The average Bonchev–Trinajstić information content (AvgIpc) is 3.63. The number of nitrogens with zero attached hydrogens (tertiary/aromatic N) is 3. The van der Waals surface area contributed by atoms with Gasteiger partial charge < -0.3 is 9.13 Å². The summed E-state index contributed by atoms with van der Waals surface area (Å²) in [6.07, 6.45) is 11.8. The summed E-state index contributed by atoms with van der Waals surface area (Å²) in [4.78, 5) is 4.90. The van der Waals surface area contributed by atoms with Crippen molar-refractivity contribution in [2.45, 2.75) is 19.9 Å². The number of benzene rings is 6. The third kappa shape index (κ3) is 4.78. The van der Waals surface area contributed by atoms with E-state index in [1.54, 1.807) is 0 Å². The van der Waals surface area contributed by atoms with Gasteiger partial charge in [-0.25, -0.2) is 0 Å². The Morgan fingerprint density at radius 1 is 0.562 bits per heavy atom. The van der Waals surface area contributed by atoms with Gasteiger partial charge in [-0.2, -0.15) is 0 Å². The zero-order valence-corrected chi connectivity index (χ0v) is 26.9. The van der Waals surface area contributed by atoms with Gasteiger partial charge in [0.2, 0.25) is 0 Å². The molecule has 1 aliphatic carbocycles. The first-order valence-electron chi connectivity index (χ1n) is 16.7. The Morgan fingerprint density at radius 3 is 2.04 bits per heavy atom. The molecule has 2 aromatic heterocycles. The van der Waals surface area contributed by atoms with Crippen molar-refractivity contribution < 1.29 is 0 Å². The van der Waals surface area contributed by atoms with Crippen LogP contribution >= 0.6 is 0 Å². The number of para-hydroxylation sites is 2. The van der Waals surface area contributed by atoms with Gasteiger partial charge >= 0.3 is 0 Å². The van der Waals surface area contributed by atoms with Crippen LogP contribution in [0.15, 0.2) is 169 Å². The van der Waals surface area contributed by atoms with Crippen molar-refractivity contribution in [1.82, 2.24) is 9.13 Å². The van der Waals surface area contributed by atoms with Crippen molar-refractivity contribution in [1.29, 1.82) is 0 Å². The third-order valence-electron chi connectivity index (χ3n) is 9.79.